The zero-order valence-corrected chi connectivity index (χ0v) is 18.5. The number of rotatable bonds is 6. The van der Waals surface area contributed by atoms with Crippen molar-refractivity contribution in [3.8, 4) is 5.69 Å². The molecular formula is C21H21N5O2S2. The minimum atomic E-state index is -0.375. The van der Waals surface area contributed by atoms with E-state index in [1.54, 1.807) is 32.7 Å². The lowest BCUT2D eigenvalue weighted by Crippen LogP contribution is -2.30. The van der Waals surface area contributed by atoms with E-state index in [9.17, 15) is 9.59 Å². The number of nitrogens with zero attached hydrogens (tertiary/aromatic N) is 4. The van der Waals surface area contributed by atoms with Crippen LogP contribution in [-0.4, -0.2) is 30.3 Å². The largest absolute Gasteiger partial charge is 0.350 e. The first kappa shape index (κ1) is 20.4. The standard InChI is InChI=1S/C21H21N5O2S2/c1-13-6-7-16(11-14(13)2)25-8-9-26-18(20(25)28)23-24-21(26)30-15(3)19(27)22-12-17-5-4-10-29-17/h4-11,15H,12H2,1-3H3,(H,22,27)/t15-/m1/s1. The molecule has 154 valence electrons. The smallest absolute Gasteiger partial charge is 0.300 e. The number of fused-ring (bicyclic) bond motifs is 1. The predicted octanol–water partition coefficient (Wildman–Crippen LogP) is 3.36. The van der Waals surface area contributed by atoms with Gasteiger partial charge in [-0.2, -0.15) is 0 Å². The van der Waals surface area contributed by atoms with Gasteiger partial charge >= 0.3 is 5.56 Å². The van der Waals surface area contributed by atoms with E-state index in [-0.39, 0.29) is 22.4 Å². The van der Waals surface area contributed by atoms with E-state index in [2.05, 4.69) is 15.5 Å². The van der Waals surface area contributed by atoms with Crippen molar-refractivity contribution in [3.05, 3.63) is 74.5 Å². The third kappa shape index (κ3) is 4.03. The van der Waals surface area contributed by atoms with Crippen molar-refractivity contribution in [1.29, 1.82) is 0 Å². The van der Waals surface area contributed by atoms with Crippen LogP contribution < -0.4 is 10.9 Å². The van der Waals surface area contributed by atoms with E-state index in [0.29, 0.717) is 11.7 Å². The van der Waals surface area contributed by atoms with E-state index in [4.69, 9.17) is 0 Å². The van der Waals surface area contributed by atoms with Gasteiger partial charge in [0.1, 0.15) is 0 Å². The number of thiophene rings is 1. The Kier molecular flexibility index (Phi) is 5.74. The molecule has 30 heavy (non-hydrogen) atoms. The topological polar surface area (TPSA) is 81.3 Å². The number of carbonyl (C=O) groups is 1. The summed E-state index contributed by atoms with van der Waals surface area (Å²) in [5.74, 6) is -0.0892. The van der Waals surface area contributed by atoms with Gasteiger partial charge in [-0.1, -0.05) is 23.9 Å². The maximum Gasteiger partial charge on any atom is 0.300 e. The van der Waals surface area contributed by atoms with Crippen LogP contribution in [0.25, 0.3) is 11.3 Å². The predicted molar refractivity (Wildman–Crippen MR) is 120 cm³/mol. The Labute approximate surface area is 181 Å². The van der Waals surface area contributed by atoms with Crippen molar-refractivity contribution in [2.24, 2.45) is 0 Å². The van der Waals surface area contributed by atoms with E-state index in [0.717, 1.165) is 16.1 Å². The van der Waals surface area contributed by atoms with Crippen molar-refractivity contribution in [2.75, 3.05) is 0 Å². The molecule has 3 heterocycles. The summed E-state index contributed by atoms with van der Waals surface area (Å²) in [6, 6.07) is 9.81. The highest BCUT2D eigenvalue weighted by atomic mass is 32.2. The molecule has 1 N–H and O–H groups in total. The summed E-state index contributed by atoms with van der Waals surface area (Å²) in [5.41, 5.74) is 3.03. The molecule has 0 unspecified atom stereocenters. The monoisotopic (exact) mass is 439 g/mol. The fraction of sp³-hybridized carbons (Fsp3) is 0.238. The van der Waals surface area contributed by atoms with Gasteiger partial charge in [-0.3, -0.25) is 18.6 Å². The summed E-state index contributed by atoms with van der Waals surface area (Å²) in [4.78, 5) is 26.5. The van der Waals surface area contributed by atoms with E-state index in [1.807, 2.05) is 56.5 Å². The molecule has 9 heteroatoms. The fourth-order valence-corrected chi connectivity index (χ4v) is 4.47. The number of aromatic nitrogens is 4. The molecule has 1 amide bonds. The second-order valence-electron chi connectivity index (χ2n) is 6.98. The molecule has 0 saturated heterocycles. The highest BCUT2D eigenvalue weighted by Gasteiger charge is 2.19. The molecule has 4 rings (SSSR count). The minimum absolute atomic E-state index is 0.0892. The molecule has 1 atom stereocenters. The molecule has 0 spiro atoms. The zero-order chi connectivity index (χ0) is 21.3. The third-order valence-electron chi connectivity index (χ3n) is 4.88. The number of benzene rings is 1. The summed E-state index contributed by atoms with van der Waals surface area (Å²) in [5, 5.41) is 13.2. The van der Waals surface area contributed by atoms with Crippen molar-refractivity contribution in [2.45, 2.75) is 37.7 Å². The molecule has 3 aromatic heterocycles. The van der Waals surface area contributed by atoms with Crippen LogP contribution in [0.1, 0.15) is 22.9 Å². The van der Waals surface area contributed by atoms with Crippen LogP contribution in [-0.2, 0) is 11.3 Å². The highest BCUT2D eigenvalue weighted by Crippen LogP contribution is 2.22. The van der Waals surface area contributed by atoms with E-state index < -0.39 is 0 Å². The summed E-state index contributed by atoms with van der Waals surface area (Å²) in [7, 11) is 0. The van der Waals surface area contributed by atoms with Crippen molar-refractivity contribution < 1.29 is 4.79 Å². The molecule has 0 aliphatic carbocycles. The van der Waals surface area contributed by atoms with Gasteiger partial charge < -0.3 is 5.32 Å². The van der Waals surface area contributed by atoms with Gasteiger partial charge in [0, 0.05) is 23.0 Å². The van der Waals surface area contributed by atoms with Crippen LogP contribution >= 0.6 is 23.1 Å². The van der Waals surface area contributed by atoms with E-state index >= 15 is 0 Å². The maximum absolute atomic E-state index is 12.9. The molecule has 0 fully saturated rings. The first-order valence-corrected chi connectivity index (χ1v) is 11.2. The first-order chi connectivity index (χ1) is 14.4. The van der Waals surface area contributed by atoms with Crippen molar-refractivity contribution in [1.82, 2.24) is 24.5 Å². The van der Waals surface area contributed by atoms with Crippen molar-refractivity contribution in [3.63, 3.8) is 0 Å². The lowest BCUT2D eigenvalue weighted by atomic mass is 10.1. The third-order valence-corrected chi connectivity index (χ3v) is 6.81. The number of thioether (sulfide) groups is 1. The first-order valence-electron chi connectivity index (χ1n) is 9.45. The van der Waals surface area contributed by atoms with E-state index in [1.165, 1.54) is 17.3 Å². The molecular weight excluding hydrogens is 418 g/mol. The molecule has 7 nitrogen and oxygen atoms in total. The summed E-state index contributed by atoms with van der Waals surface area (Å²) < 4.78 is 3.19. The zero-order valence-electron chi connectivity index (χ0n) is 16.8. The van der Waals surface area contributed by atoms with Gasteiger partial charge in [0.25, 0.3) is 0 Å². The van der Waals surface area contributed by atoms with Crippen LogP contribution in [0.5, 0.6) is 0 Å². The Bertz CT molecular complexity index is 1260. The van der Waals surface area contributed by atoms with Crippen LogP contribution in [0.4, 0.5) is 0 Å². The number of hydrogen-bond acceptors (Lipinski definition) is 6. The molecule has 1 aromatic carbocycles. The molecule has 0 saturated carbocycles. The maximum atomic E-state index is 12.9. The van der Waals surface area contributed by atoms with Crippen LogP contribution in [0.2, 0.25) is 0 Å². The van der Waals surface area contributed by atoms with Crippen LogP contribution in [0.3, 0.4) is 0 Å². The SMILES string of the molecule is Cc1ccc(-n2ccn3c(S[C@H](C)C(=O)NCc4cccs4)nnc3c2=O)cc1C. The fourth-order valence-electron chi connectivity index (χ4n) is 2.97. The quantitative estimate of drug-likeness (QED) is 0.466. The van der Waals surface area contributed by atoms with Crippen LogP contribution in [0.15, 0.2) is 58.1 Å². The van der Waals surface area contributed by atoms with Gasteiger partial charge in [-0.15, -0.1) is 21.5 Å². The molecule has 0 aliphatic rings. The van der Waals surface area contributed by atoms with Crippen LogP contribution in [0, 0.1) is 13.8 Å². The van der Waals surface area contributed by atoms with Gasteiger partial charge in [0.2, 0.25) is 11.6 Å². The Morgan fingerprint density at radius 3 is 2.77 bits per heavy atom. The lowest BCUT2D eigenvalue weighted by Gasteiger charge is -2.11. The number of hydrogen-bond donors (Lipinski definition) is 1. The second-order valence-corrected chi connectivity index (χ2v) is 9.32. The molecule has 4 aromatic rings. The molecule has 0 aliphatic heterocycles. The normalized spacial score (nSPS) is 12.2. The Hall–Kier alpha value is -2.91. The lowest BCUT2D eigenvalue weighted by molar-refractivity contribution is -0.120. The number of amides is 1. The minimum Gasteiger partial charge on any atom is -0.350 e. The number of aryl methyl sites for hydroxylation is 2. The Morgan fingerprint density at radius 1 is 1.20 bits per heavy atom. The van der Waals surface area contributed by atoms with Gasteiger partial charge in [0.15, 0.2) is 5.16 Å². The molecule has 0 bridgehead atoms. The van der Waals surface area contributed by atoms with Gasteiger partial charge in [0.05, 0.1) is 11.8 Å². The Morgan fingerprint density at radius 2 is 2.03 bits per heavy atom. The average molecular weight is 440 g/mol. The number of nitrogens with one attached hydrogen (secondary N) is 1. The average Bonchev–Trinajstić information content (AvgIpc) is 3.39. The Balaban J connectivity index is 1.54. The second kappa shape index (κ2) is 8.45. The van der Waals surface area contributed by atoms with Gasteiger partial charge in [-0.05, 0) is 55.5 Å². The summed E-state index contributed by atoms with van der Waals surface area (Å²) >= 11 is 2.87. The molecule has 0 radical (unpaired) electrons. The summed E-state index contributed by atoms with van der Waals surface area (Å²) in [6.07, 6.45) is 3.46. The van der Waals surface area contributed by atoms with Gasteiger partial charge in [-0.25, -0.2) is 0 Å². The highest BCUT2D eigenvalue weighted by molar-refractivity contribution is 8.00. The van der Waals surface area contributed by atoms with Crippen molar-refractivity contribution >= 4 is 34.7 Å². The number of carbonyl (C=O) groups excluding carboxylic acids is 1. The summed E-state index contributed by atoms with van der Waals surface area (Å²) in [6.45, 7) is 6.36.